The van der Waals surface area contributed by atoms with E-state index in [0.717, 1.165) is 22.4 Å². The maximum Gasteiger partial charge on any atom is 0.272 e. The highest BCUT2D eigenvalue weighted by molar-refractivity contribution is 6.30. The van der Waals surface area contributed by atoms with Gasteiger partial charge in [0, 0.05) is 49.4 Å². The Labute approximate surface area is 180 Å². The summed E-state index contributed by atoms with van der Waals surface area (Å²) < 4.78 is 1.76. The molecular formula is C23H23ClN4O2. The number of benzene rings is 2. The van der Waals surface area contributed by atoms with E-state index < -0.39 is 0 Å². The van der Waals surface area contributed by atoms with Gasteiger partial charge in [-0.2, -0.15) is 5.10 Å². The Morgan fingerprint density at radius 1 is 1.07 bits per heavy atom. The van der Waals surface area contributed by atoms with Crippen LogP contribution in [0.5, 0.6) is 0 Å². The number of aromatic nitrogens is 2. The third-order valence-electron chi connectivity index (χ3n) is 5.37. The average Bonchev–Trinajstić information content (AvgIpc) is 3.10. The van der Waals surface area contributed by atoms with Crippen LogP contribution in [-0.2, 0) is 37.8 Å². The number of amides is 2. The Kier molecular flexibility index (Phi) is 5.86. The van der Waals surface area contributed by atoms with Gasteiger partial charge >= 0.3 is 0 Å². The van der Waals surface area contributed by atoms with E-state index in [1.165, 1.54) is 0 Å². The monoisotopic (exact) mass is 422 g/mol. The summed E-state index contributed by atoms with van der Waals surface area (Å²) >= 11 is 5.91. The van der Waals surface area contributed by atoms with E-state index >= 15 is 0 Å². The fraction of sp³-hybridized carbons (Fsp3) is 0.261. The molecule has 3 aromatic rings. The van der Waals surface area contributed by atoms with Gasteiger partial charge in [0.1, 0.15) is 0 Å². The fourth-order valence-electron chi connectivity index (χ4n) is 3.74. The first kappa shape index (κ1) is 20.2. The van der Waals surface area contributed by atoms with Crippen LogP contribution in [0.1, 0.15) is 32.9 Å². The maximum absolute atomic E-state index is 12.8. The molecule has 1 aromatic heterocycles. The highest BCUT2D eigenvalue weighted by Crippen LogP contribution is 2.23. The number of halogens is 1. The van der Waals surface area contributed by atoms with Crippen molar-refractivity contribution in [2.24, 2.45) is 7.05 Å². The lowest BCUT2D eigenvalue weighted by molar-refractivity contribution is -0.131. The zero-order valence-corrected chi connectivity index (χ0v) is 17.5. The second-order valence-corrected chi connectivity index (χ2v) is 7.87. The number of nitrogens with one attached hydrogen (secondary N) is 1. The van der Waals surface area contributed by atoms with Gasteiger partial charge in [0.05, 0.1) is 6.42 Å². The van der Waals surface area contributed by atoms with Gasteiger partial charge in [-0.15, -0.1) is 0 Å². The molecule has 0 spiro atoms. The minimum Gasteiger partial charge on any atom is -0.347 e. The van der Waals surface area contributed by atoms with E-state index in [-0.39, 0.29) is 11.8 Å². The SMILES string of the molecule is Cn1nc(C(=O)NCc2ccc(Cl)cc2)c2c1CCN(C(=O)Cc1ccccc1)C2. The quantitative estimate of drug-likeness (QED) is 0.686. The van der Waals surface area contributed by atoms with Crippen molar-refractivity contribution in [1.29, 1.82) is 0 Å². The summed E-state index contributed by atoms with van der Waals surface area (Å²) in [5, 5.41) is 8.02. The number of carbonyl (C=O) groups excluding carboxylic acids is 2. The molecule has 2 amide bonds. The van der Waals surface area contributed by atoms with Crippen LogP contribution in [0.3, 0.4) is 0 Å². The number of fused-ring (bicyclic) bond motifs is 1. The predicted octanol–water partition coefficient (Wildman–Crippen LogP) is 3.13. The lowest BCUT2D eigenvalue weighted by atomic mass is 10.0. The standard InChI is InChI=1S/C23H23ClN4O2/c1-27-20-11-12-28(21(29)13-16-5-3-2-4-6-16)15-19(20)22(26-27)23(30)25-14-17-7-9-18(24)10-8-17/h2-10H,11-15H2,1H3,(H,25,30). The molecule has 0 atom stereocenters. The van der Waals surface area contributed by atoms with E-state index in [4.69, 9.17) is 11.6 Å². The van der Waals surface area contributed by atoms with Crippen molar-refractivity contribution in [3.05, 3.63) is 87.7 Å². The summed E-state index contributed by atoms with van der Waals surface area (Å²) in [6.45, 7) is 1.42. The van der Waals surface area contributed by atoms with Crippen LogP contribution < -0.4 is 5.32 Å². The lowest BCUT2D eigenvalue weighted by Crippen LogP contribution is -2.38. The Morgan fingerprint density at radius 3 is 2.53 bits per heavy atom. The first-order valence-electron chi connectivity index (χ1n) is 9.90. The van der Waals surface area contributed by atoms with Gasteiger partial charge in [0.2, 0.25) is 5.91 Å². The first-order valence-corrected chi connectivity index (χ1v) is 10.3. The zero-order valence-electron chi connectivity index (χ0n) is 16.8. The number of hydrogen-bond acceptors (Lipinski definition) is 3. The molecule has 1 aliphatic rings. The van der Waals surface area contributed by atoms with Gasteiger partial charge in [-0.05, 0) is 23.3 Å². The fourth-order valence-corrected chi connectivity index (χ4v) is 3.86. The van der Waals surface area contributed by atoms with Crippen LogP contribution in [0.4, 0.5) is 0 Å². The topological polar surface area (TPSA) is 67.2 Å². The van der Waals surface area contributed by atoms with E-state index in [1.54, 1.807) is 16.8 Å². The molecule has 0 radical (unpaired) electrons. The van der Waals surface area contributed by atoms with Crippen LogP contribution in [0.2, 0.25) is 5.02 Å². The third kappa shape index (κ3) is 4.39. The molecule has 154 valence electrons. The van der Waals surface area contributed by atoms with Crippen LogP contribution >= 0.6 is 11.6 Å². The van der Waals surface area contributed by atoms with Crippen LogP contribution in [0.15, 0.2) is 54.6 Å². The van der Waals surface area contributed by atoms with Crippen molar-refractivity contribution in [3.8, 4) is 0 Å². The number of nitrogens with zero attached hydrogens (tertiary/aromatic N) is 3. The molecule has 2 aromatic carbocycles. The number of rotatable bonds is 5. The molecule has 0 unspecified atom stereocenters. The number of carbonyl (C=O) groups is 2. The van der Waals surface area contributed by atoms with Crippen molar-refractivity contribution in [3.63, 3.8) is 0 Å². The van der Waals surface area contributed by atoms with Gasteiger partial charge in [0.25, 0.3) is 5.91 Å². The predicted molar refractivity (Wildman–Crippen MR) is 115 cm³/mol. The van der Waals surface area contributed by atoms with Gasteiger partial charge in [0.15, 0.2) is 5.69 Å². The van der Waals surface area contributed by atoms with Crippen molar-refractivity contribution in [2.45, 2.75) is 25.9 Å². The van der Waals surface area contributed by atoms with E-state index in [2.05, 4.69) is 10.4 Å². The van der Waals surface area contributed by atoms with Crippen LogP contribution in [0, 0.1) is 0 Å². The molecule has 0 bridgehead atoms. The average molecular weight is 423 g/mol. The summed E-state index contributed by atoms with van der Waals surface area (Å²) in [4.78, 5) is 27.4. The second-order valence-electron chi connectivity index (χ2n) is 7.43. The summed E-state index contributed by atoms with van der Waals surface area (Å²) in [5.41, 5.74) is 4.17. The van der Waals surface area contributed by atoms with Gasteiger partial charge in [-0.1, -0.05) is 54.1 Å². The van der Waals surface area contributed by atoms with Gasteiger partial charge < -0.3 is 10.2 Å². The second kappa shape index (κ2) is 8.71. The minimum absolute atomic E-state index is 0.0585. The van der Waals surface area contributed by atoms with Crippen LogP contribution in [0.25, 0.3) is 0 Å². The molecule has 0 saturated carbocycles. The summed E-state index contributed by atoms with van der Waals surface area (Å²) in [7, 11) is 1.84. The normalized spacial score (nSPS) is 13.1. The van der Waals surface area contributed by atoms with Gasteiger partial charge in [-0.3, -0.25) is 14.3 Å². The summed E-state index contributed by atoms with van der Waals surface area (Å²) in [6.07, 6.45) is 1.04. The van der Waals surface area contributed by atoms with Crippen LogP contribution in [-0.4, -0.2) is 33.0 Å². The van der Waals surface area contributed by atoms with Crippen molar-refractivity contribution in [1.82, 2.24) is 20.0 Å². The van der Waals surface area contributed by atoms with E-state index in [1.807, 2.05) is 54.4 Å². The minimum atomic E-state index is -0.237. The molecule has 7 heteroatoms. The maximum atomic E-state index is 12.8. The summed E-state index contributed by atoms with van der Waals surface area (Å²) in [6, 6.07) is 17.0. The lowest BCUT2D eigenvalue weighted by Gasteiger charge is -2.27. The Bertz CT molecular complexity index is 1060. The zero-order chi connectivity index (χ0) is 21.1. The number of hydrogen-bond donors (Lipinski definition) is 1. The third-order valence-corrected chi connectivity index (χ3v) is 5.63. The van der Waals surface area contributed by atoms with E-state index in [9.17, 15) is 9.59 Å². The molecule has 1 N–H and O–H groups in total. The number of aryl methyl sites for hydroxylation is 1. The smallest absolute Gasteiger partial charge is 0.272 e. The molecule has 2 heterocycles. The molecule has 1 aliphatic heterocycles. The Balaban J connectivity index is 1.46. The van der Waals surface area contributed by atoms with Gasteiger partial charge in [-0.25, -0.2) is 0 Å². The molecule has 0 aliphatic carbocycles. The molecule has 0 fully saturated rings. The largest absolute Gasteiger partial charge is 0.347 e. The highest BCUT2D eigenvalue weighted by atomic mass is 35.5. The molecule has 4 rings (SSSR count). The van der Waals surface area contributed by atoms with Crippen molar-refractivity contribution < 1.29 is 9.59 Å². The van der Waals surface area contributed by atoms with E-state index in [0.29, 0.717) is 43.2 Å². The molecule has 6 nitrogen and oxygen atoms in total. The molecule has 0 saturated heterocycles. The highest BCUT2D eigenvalue weighted by Gasteiger charge is 2.29. The van der Waals surface area contributed by atoms with Crippen molar-refractivity contribution in [2.75, 3.05) is 6.54 Å². The Morgan fingerprint density at radius 2 is 1.80 bits per heavy atom. The Hall–Kier alpha value is -3.12. The summed E-state index contributed by atoms with van der Waals surface area (Å²) in [5.74, 6) is -0.178. The molecular weight excluding hydrogens is 400 g/mol. The van der Waals surface area contributed by atoms with Crippen molar-refractivity contribution >= 4 is 23.4 Å². The first-order chi connectivity index (χ1) is 14.5. The molecule has 30 heavy (non-hydrogen) atoms.